The first-order valence-corrected chi connectivity index (χ1v) is 8.44. The van der Waals surface area contributed by atoms with Crippen LogP contribution in [0.25, 0.3) is 0 Å². The Balaban J connectivity index is 3.01. The normalized spacial score (nSPS) is 11.3. The van der Waals surface area contributed by atoms with Crippen LogP contribution < -0.4 is 14.8 Å². The Morgan fingerprint density at radius 2 is 2.05 bits per heavy atom. The predicted molar refractivity (Wildman–Crippen MR) is 87.4 cm³/mol. The number of methoxy groups -OCH3 is 1. The number of carbonyl (C=O) groups is 1. The molecular weight excluding hydrogens is 306 g/mol. The van der Waals surface area contributed by atoms with Gasteiger partial charge < -0.3 is 10.1 Å². The molecule has 124 valence electrons. The van der Waals surface area contributed by atoms with E-state index in [1.54, 1.807) is 12.1 Å². The highest BCUT2D eigenvalue weighted by atomic mass is 32.2. The van der Waals surface area contributed by atoms with Crippen molar-refractivity contribution in [1.82, 2.24) is 4.31 Å². The van der Waals surface area contributed by atoms with E-state index in [1.165, 1.54) is 31.5 Å². The van der Waals surface area contributed by atoms with E-state index in [0.29, 0.717) is 18.0 Å². The number of hydrogen-bond acceptors (Lipinski definition) is 4. The molecule has 22 heavy (non-hydrogen) atoms. The maximum absolute atomic E-state index is 12.3. The van der Waals surface area contributed by atoms with E-state index in [9.17, 15) is 13.2 Å². The molecule has 2 N–H and O–H groups in total. The van der Waals surface area contributed by atoms with Crippen molar-refractivity contribution in [3.63, 3.8) is 0 Å². The molecule has 0 atom stereocenters. The van der Waals surface area contributed by atoms with Crippen LogP contribution in [-0.4, -0.2) is 39.3 Å². The molecule has 0 heterocycles. The van der Waals surface area contributed by atoms with Gasteiger partial charge >= 0.3 is 10.2 Å². The molecule has 0 saturated heterocycles. The highest BCUT2D eigenvalue weighted by Crippen LogP contribution is 2.29. The summed E-state index contributed by atoms with van der Waals surface area (Å²) in [5, 5.41) is 2.60. The van der Waals surface area contributed by atoms with Crippen LogP contribution in [0, 0.1) is 0 Å². The number of hydrogen-bond donors (Lipinski definition) is 2. The number of amides is 1. The zero-order valence-electron chi connectivity index (χ0n) is 13.3. The smallest absolute Gasteiger partial charge is 0.301 e. The summed E-state index contributed by atoms with van der Waals surface area (Å²) in [5.74, 6) is 0.139. The molecule has 0 aliphatic carbocycles. The minimum Gasteiger partial charge on any atom is -0.495 e. The molecule has 7 nitrogen and oxygen atoms in total. The van der Waals surface area contributed by atoms with Gasteiger partial charge in [0, 0.05) is 26.2 Å². The van der Waals surface area contributed by atoms with Crippen molar-refractivity contribution in [3.05, 3.63) is 18.2 Å². The van der Waals surface area contributed by atoms with Gasteiger partial charge in [0.25, 0.3) is 0 Å². The number of ether oxygens (including phenoxy) is 1. The zero-order valence-corrected chi connectivity index (χ0v) is 14.2. The van der Waals surface area contributed by atoms with Gasteiger partial charge in [0.2, 0.25) is 5.91 Å². The van der Waals surface area contributed by atoms with Crippen LogP contribution in [-0.2, 0) is 15.0 Å². The molecule has 0 aliphatic rings. The van der Waals surface area contributed by atoms with E-state index in [2.05, 4.69) is 10.0 Å². The number of nitrogens with zero attached hydrogens (tertiary/aromatic N) is 1. The second kappa shape index (κ2) is 8.00. The van der Waals surface area contributed by atoms with Gasteiger partial charge in [0.15, 0.2) is 0 Å². The lowest BCUT2D eigenvalue weighted by Gasteiger charge is -2.19. The van der Waals surface area contributed by atoms with Crippen LogP contribution in [0.1, 0.15) is 26.7 Å². The second-order valence-corrected chi connectivity index (χ2v) is 6.66. The summed E-state index contributed by atoms with van der Waals surface area (Å²) in [6.07, 6.45) is 1.68. The molecule has 0 fully saturated rings. The van der Waals surface area contributed by atoms with Gasteiger partial charge in [-0.2, -0.15) is 12.7 Å². The van der Waals surface area contributed by atoms with E-state index in [0.717, 1.165) is 12.8 Å². The van der Waals surface area contributed by atoms with E-state index >= 15 is 0 Å². The van der Waals surface area contributed by atoms with Gasteiger partial charge in [0.05, 0.1) is 12.8 Å². The van der Waals surface area contributed by atoms with Crippen molar-refractivity contribution in [2.24, 2.45) is 0 Å². The number of unbranched alkanes of at least 4 members (excludes halogenated alkanes) is 1. The van der Waals surface area contributed by atoms with Crippen molar-refractivity contribution in [1.29, 1.82) is 0 Å². The molecule has 1 rings (SSSR count). The third kappa shape index (κ3) is 5.19. The molecular formula is C14H23N3O4S. The lowest BCUT2D eigenvalue weighted by molar-refractivity contribution is -0.114. The summed E-state index contributed by atoms with van der Waals surface area (Å²) in [4.78, 5) is 11.1. The van der Waals surface area contributed by atoms with Crippen LogP contribution in [0.3, 0.4) is 0 Å². The van der Waals surface area contributed by atoms with Crippen LogP contribution >= 0.6 is 0 Å². The Bertz CT molecular complexity index is 617. The lowest BCUT2D eigenvalue weighted by atomic mass is 10.2. The van der Waals surface area contributed by atoms with Crippen LogP contribution in [0.15, 0.2) is 18.2 Å². The maximum atomic E-state index is 12.3. The third-order valence-corrected chi connectivity index (χ3v) is 4.48. The minimum absolute atomic E-state index is 0.237. The second-order valence-electron chi connectivity index (χ2n) is 4.88. The Morgan fingerprint density at radius 1 is 1.36 bits per heavy atom. The molecule has 8 heteroatoms. The number of rotatable bonds is 8. The zero-order chi connectivity index (χ0) is 16.8. The molecule has 0 bridgehead atoms. The number of anilines is 2. The highest BCUT2D eigenvalue weighted by Gasteiger charge is 2.19. The third-order valence-electron chi connectivity index (χ3n) is 3.00. The summed E-state index contributed by atoms with van der Waals surface area (Å²) < 4.78 is 33.4. The summed E-state index contributed by atoms with van der Waals surface area (Å²) in [6.45, 7) is 3.81. The van der Waals surface area contributed by atoms with Crippen LogP contribution in [0.2, 0.25) is 0 Å². The molecule has 0 radical (unpaired) electrons. The van der Waals surface area contributed by atoms with Crippen molar-refractivity contribution < 1.29 is 17.9 Å². The quantitative estimate of drug-likeness (QED) is 0.764. The van der Waals surface area contributed by atoms with Crippen molar-refractivity contribution in [3.8, 4) is 5.75 Å². The van der Waals surface area contributed by atoms with Gasteiger partial charge in [-0.25, -0.2) is 0 Å². The molecule has 0 unspecified atom stereocenters. The van der Waals surface area contributed by atoms with E-state index in [4.69, 9.17) is 4.74 Å². The maximum Gasteiger partial charge on any atom is 0.301 e. The first-order chi connectivity index (χ1) is 10.3. The molecule has 1 aromatic carbocycles. The Labute approximate surface area is 131 Å². The van der Waals surface area contributed by atoms with Gasteiger partial charge in [0.1, 0.15) is 5.75 Å². The molecule has 0 aromatic heterocycles. The Morgan fingerprint density at radius 3 is 2.59 bits per heavy atom. The lowest BCUT2D eigenvalue weighted by Crippen LogP contribution is -2.33. The van der Waals surface area contributed by atoms with Crippen LogP contribution in [0.5, 0.6) is 5.75 Å². The summed E-state index contributed by atoms with van der Waals surface area (Å²) >= 11 is 0. The average molecular weight is 329 g/mol. The Hall–Kier alpha value is -1.80. The number of carbonyl (C=O) groups excluding carboxylic acids is 1. The summed E-state index contributed by atoms with van der Waals surface area (Å²) in [7, 11) is -0.706. The highest BCUT2D eigenvalue weighted by molar-refractivity contribution is 7.90. The van der Waals surface area contributed by atoms with Gasteiger partial charge in [-0.05, 0) is 24.6 Å². The molecule has 0 spiro atoms. The fourth-order valence-electron chi connectivity index (χ4n) is 1.79. The fourth-order valence-corrected chi connectivity index (χ4v) is 2.75. The van der Waals surface area contributed by atoms with E-state index < -0.39 is 10.2 Å². The monoisotopic (exact) mass is 329 g/mol. The first-order valence-electron chi connectivity index (χ1n) is 7.00. The first kappa shape index (κ1) is 18.2. The molecule has 0 aliphatic heterocycles. The van der Waals surface area contributed by atoms with Crippen molar-refractivity contribution in [2.45, 2.75) is 26.7 Å². The number of benzene rings is 1. The summed E-state index contributed by atoms with van der Waals surface area (Å²) in [6, 6.07) is 4.75. The van der Waals surface area contributed by atoms with Gasteiger partial charge in [-0.3, -0.25) is 9.52 Å². The minimum atomic E-state index is -3.67. The summed E-state index contributed by atoms with van der Waals surface area (Å²) in [5.41, 5.74) is 0.763. The van der Waals surface area contributed by atoms with Gasteiger partial charge in [-0.1, -0.05) is 13.3 Å². The average Bonchev–Trinajstić information content (AvgIpc) is 2.44. The Kier molecular flexibility index (Phi) is 6.63. The number of nitrogens with one attached hydrogen (secondary N) is 2. The van der Waals surface area contributed by atoms with Crippen LogP contribution in [0.4, 0.5) is 11.4 Å². The fraction of sp³-hybridized carbons (Fsp3) is 0.500. The molecule has 1 aromatic rings. The standard InChI is InChI=1S/C14H23N3O4S/c1-5-6-9-17(3)22(19,20)16-13-10-12(15-11(2)18)7-8-14(13)21-4/h7-8,10,16H,5-6,9H2,1-4H3,(H,15,18). The van der Waals surface area contributed by atoms with E-state index in [-0.39, 0.29) is 11.6 Å². The molecule has 0 saturated carbocycles. The topological polar surface area (TPSA) is 87.7 Å². The largest absolute Gasteiger partial charge is 0.495 e. The van der Waals surface area contributed by atoms with Crippen molar-refractivity contribution >= 4 is 27.5 Å². The van der Waals surface area contributed by atoms with E-state index in [1.807, 2.05) is 6.92 Å². The predicted octanol–water partition coefficient (Wildman–Crippen LogP) is 2.04. The molecule has 1 amide bonds. The van der Waals surface area contributed by atoms with Gasteiger partial charge in [-0.15, -0.1) is 0 Å². The SMILES string of the molecule is CCCCN(C)S(=O)(=O)Nc1cc(NC(C)=O)ccc1OC. The van der Waals surface area contributed by atoms with Crippen molar-refractivity contribution in [2.75, 3.05) is 30.7 Å².